The van der Waals surface area contributed by atoms with Gasteiger partial charge in [0, 0.05) is 26.1 Å². The predicted molar refractivity (Wildman–Crippen MR) is 103 cm³/mol. The van der Waals surface area contributed by atoms with Crippen molar-refractivity contribution in [3.63, 3.8) is 0 Å². The Morgan fingerprint density at radius 1 is 1.22 bits per heavy atom. The lowest BCUT2D eigenvalue weighted by Gasteiger charge is -2.34. The molecule has 1 atom stereocenters. The van der Waals surface area contributed by atoms with E-state index in [9.17, 15) is 17.6 Å². The molecule has 0 N–H and O–H groups in total. The first-order valence-electron chi connectivity index (χ1n) is 8.86. The van der Waals surface area contributed by atoms with E-state index in [0.29, 0.717) is 30.1 Å². The van der Waals surface area contributed by atoms with Gasteiger partial charge in [0.25, 0.3) is 10.0 Å². The van der Waals surface area contributed by atoms with Gasteiger partial charge in [0.2, 0.25) is 5.91 Å². The maximum absolute atomic E-state index is 13.1. The Morgan fingerprint density at radius 3 is 2.41 bits per heavy atom. The molecule has 146 valence electrons. The number of rotatable bonds is 5. The number of piperidine rings is 1. The number of hydrogen-bond acceptors (Lipinski definition) is 4. The zero-order valence-electron chi connectivity index (χ0n) is 15.3. The smallest absolute Gasteiger partial charge is 0.252 e. The number of hydrogen-bond donors (Lipinski definition) is 0. The van der Waals surface area contributed by atoms with Gasteiger partial charge in [-0.2, -0.15) is 4.31 Å². The van der Waals surface area contributed by atoms with Crippen LogP contribution >= 0.6 is 11.3 Å². The lowest BCUT2D eigenvalue weighted by Crippen LogP contribution is -2.43. The van der Waals surface area contributed by atoms with E-state index < -0.39 is 10.0 Å². The molecular formula is C19H23FN2O3S2. The molecule has 1 unspecified atom stereocenters. The number of thiophene rings is 1. The fourth-order valence-corrected chi connectivity index (χ4v) is 5.94. The van der Waals surface area contributed by atoms with Crippen molar-refractivity contribution in [2.24, 2.45) is 5.92 Å². The highest BCUT2D eigenvalue weighted by Gasteiger charge is 2.34. The van der Waals surface area contributed by atoms with E-state index in [1.807, 2.05) is 6.92 Å². The van der Waals surface area contributed by atoms with Gasteiger partial charge >= 0.3 is 0 Å². The fraction of sp³-hybridized carbons (Fsp3) is 0.421. The van der Waals surface area contributed by atoms with Crippen LogP contribution in [-0.2, 0) is 14.8 Å². The molecular weight excluding hydrogens is 387 g/mol. The summed E-state index contributed by atoms with van der Waals surface area (Å²) in [6, 6.07) is 9.29. The third-order valence-electron chi connectivity index (χ3n) is 5.17. The summed E-state index contributed by atoms with van der Waals surface area (Å²) in [5, 5.41) is 1.74. The fourth-order valence-electron chi connectivity index (χ4n) is 3.32. The summed E-state index contributed by atoms with van der Waals surface area (Å²) in [7, 11) is -1.72. The lowest BCUT2D eigenvalue weighted by atomic mass is 9.95. The van der Waals surface area contributed by atoms with Crippen LogP contribution in [0.1, 0.15) is 31.4 Å². The van der Waals surface area contributed by atoms with Crippen LogP contribution in [0, 0.1) is 11.7 Å². The van der Waals surface area contributed by atoms with Crippen molar-refractivity contribution in [3.05, 3.63) is 53.2 Å². The van der Waals surface area contributed by atoms with Crippen molar-refractivity contribution in [2.45, 2.75) is 30.0 Å². The van der Waals surface area contributed by atoms with Gasteiger partial charge < -0.3 is 4.90 Å². The minimum Gasteiger partial charge on any atom is -0.339 e. The van der Waals surface area contributed by atoms with Crippen molar-refractivity contribution in [2.75, 3.05) is 20.1 Å². The molecule has 0 radical (unpaired) electrons. The van der Waals surface area contributed by atoms with Gasteiger partial charge in [0.15, 0.2) is 0 Å². The maximum Gasteiger partial charge on any atom is 0.252 e. The molecule has 0 saturated carbocycles. The zero-order valence-corrected chi connectivity index (χ0v) is 17.0. The average molecular weight is 411 g/mol. The Morgan fingerprint density at radius 2 is 1.85 bits per heavy atom. The number of nitrogens with zero attached hydrogens (tertiary/aromatic N) is 2. The molecule has 0 spiro atoms. The van der Waals surface area contributed by atoms with E-state index in [4.69, 9.17) is 0 Å². The summed E-state index contributed by atoms with van der Waals surface area (Å²) in [5.74, 6) is -0.507. The number of sulfonamides is 1. The van der Waals surface area contributed by atoms with Crippen LogP contribution in [-0.4, -0.2) is 43.7 Å². The summed E-state index contributed by atoms with van der Waals surface area (Å²) >= 11 is 1.21. The van der Waals surface area contributed by atoms with Gasteiger partial charge in [-0.05, 0) is 48.9 Å². The van der Waals surface area contributed by atoms with E-state index in [1.165, 1.54) is 27.8 Å². The molecule has 1 aromatic heterocycles. The molecule has 0 aliphatic carbocycles. The second-order valence-electron chi connectivity index (χ2n) is 6.79. The maximum atomic E-state index is 13.1. The van der Waals surface area contributed by atoms with Gasteiger partial charge in [0.05, 0.1) is 6.04 Å². The van der Waals surface area contributed by atoms with Crippen molar-refractivity contribution in [1.29, 1.82) is 0 Å². The van der Waals surface area contributed by atoms with Crippen molar-refractivity contribution < 1.29 is 17.6 Å². The first-order chi connectivity index (χ1) is 12.8. The first-order valence-corrected chi connectivity index (χ1v) is 11.2. The number of halogens is 1. The van der Waals surface area contributed by atoms with E-state index >= 15 is 0 Å². The summed E-state index contributed by atoms with van der Waals surface area (Å²) in [6.07, 6.45) is 1.01. The van der Waals surface area contributed by atoms with Crippen LogP contribution in [0.3, 0.4) is 0 Å². The Balaban J connectivity index is 1.62. The third kappa shape index (κ3) is 4.23. The van der Waals surface area contributed by atoms with Crippen molar-refractivity contribution in [3.8, 4) is 0 Å². The Hall–Kier alpha value is -1.77. The average Bonchev–Trinajstić information content (AvgIpc) is 3.23. The second-order valence-corrected chi connectivity index (χ2v) is 9.90. The molecule has 1 aromatic carbocycles. The van der Waals surface area contributed by atoms with Crippen molar-refractivity contribution >= 4 is 27.3 Å². The number of carbonyl (C=O) groups excluding carboxylic acids is 1. The highest BCUT2D eigenvalue weighted by molar-refractivity contribution is 7.91. The lowest BCUT2D eigenvalue weighted by molar-refractivity contribution is -0.137. The minimum atomic E-state index is -3.46. The van der Waals surface area contributed by atoms with Crippen LogP contribution in [0.25, 0.3) is 0 Å². The monoisotopic (exact) mass is 410 g/mol. The number of benzene rings is 1. The summed E-state index contributed by atoms with van der Waals surface area (Å²) in [4.78, 5) is 14.5. The summed E-state index contributed by atoms with van der Waals surface area (Å²) in [5.41, 5.74) is 0.866. The minimum absolute atomic E-state index is 0.00000318. The summed E-state index contributed by atoms with van der Waals surface area (Å²) in [6.45, 7) is 2.59. The van der Waals surface area contributed by atoms with E-state index in [0.717, 1.165) is 5.56 Å². The van der Waals surface area contributed by atoms with Crippen LogP contribution in [0.4, 0.5) is 4.39 Å². The molecule has 2 aromatic rings. The van der Waals surface area contributed by atoms with Crippen LogP contribution in [0.2, 0.25) is 0 Å². The Bertz CT molecular complexity index is 874. The molecule has 8 heteroatoms. The van der Waals surface area contributed by atoms with Gasteiger partial charge in [0.1, 0.15) is 10.0 Å². The highest BCUT2D eigenvalue weighted by Crippen LogP contribution is 2.29. The number of amides is 1. The van der Waals surface area contributed by atoms with Crippen LogP contribution in [0.15, 0.2) is 46.0 Å². The zero-order chi connectivity index (χ0) is 19.6. The largest absolute Gasteiger partial charge is 0.339 e. The van der Waals surface area contributed by atoms with Gasteiger partial charge in [-0.15, -0.1) is 11.3 Å². The second kappa shape index (κ2) is 8.08. The van der Waals surface area contributed by atoms with Crippen molar-refractivity contribution in [1.82, 2.24) is 9.21 Å². The Labute approximate surface area is 163 Å². The summed E-state index contributed by atoms with van der Waals surface area (Å²) < 4.78 is 40.1. The van der Waals surface area contributed by atoms with E-state index in [2.05, 4.69) is 0 Å². The molecule has 5 nitrogen and oxygen atoms in total. The molecule has 3 rings (SSSR count). The molecule has 27 heavy (non-hydrogen) atoms. The molecule has 1 fully saturated rings. The predicted octanol–water partition coefficient (Wildman–Crippen LogP) is 3.51. The topological polar surface area (TPSA) is 57.7 Å². The quantitative estimate of drug-likeness (QED) is 0.758. The van der Waals surface area contributed by atoms with E-state index in [-0.39, 0.29) is 23.7 Å². The van der Waals surface area contributed by atoms with Gasteiger partial charge in [-0.25, -0.2) is 12.8 Å². The molecule has 1 aliphatic heterocycles. The van der Waals surface area contributed by atoms with Gasteiger partial charge in [-0.1, -0.05) is 18.2 Å². The SMILES string of the molecule is CC(c1ccc(F)cc1)N(C)C(=O)C1CCN(S(=O)(=O)c2cccs2)CC1. The first kappa shape index (κ1) is 20.0. The Kier molecular flexibility index (Phi) is 5.98. The number of carbonyl (C=O) groups is 1. The molecule has 1 amide bonds. The highest BCUT2D eigenvalue weighted by atomic mass is 32.2. The van der Waals surface area contributed by atoms with E-state index in [1.54, 1.807) is 41.6 Å². The standard InChI is InChI=1S/C19H23FN2O3S2/c1-14(15-5-7-17(20)8-6-15)21(2)19(23)16-9-11-22(12-10-16)27(24,25)18-4-3-13-26-18/h3-8,13-14,16H,9-12H2,1-2H3. The normalized spacial score (nSPS) is 17.6. The molecule has 0 bridgehead atoms. The van der Waals surface area contributed by atoms with Crippen LogP contribution in [0.5, 0.6) is 0 Å². The molecule has 1 aliphatic rings. The van der Waals surface area contributed by atoms with Gasteiger partial charge in [-0.3, -0.25) is 4.79 Å². The molecule has 2 heterocycles. The third-order valence-corrected chi connectivity index (χ3v) is 8.45. The van der Waals surface area contributed by atoms with Crippen LogP contribution < -0.4 is 0 Å². The molecule has 1 saturated heterocycles.